The number of halogens is 1. The topological polar surface area (TPSA) is 153 Å². The molecule has 0 saturated carbocycles. The van der Waals surface area contributed by atoms with Gasteiger partial charge in [0.25, 0.3) is 5.56 Å². The van der Waals surface area contributed by atoms with E-state index in [-0.39, 0.29) is 11.4 Å². The lowest BCUT2D eigenvalue weighted by Crippen LogP contribution is -2.49. The van der Waals surface area contributed by atoms with E-state index in [1.165, 1.54) is 0 Å². The summed E-state index contributed by atoms with van der Waals surface area (Å²) >= 11 is 5.66. The van der Waals surface area contributed by atoms with Crippen LogP contribution < -0.4 is 11.2 Å². The Labute approximate surface area is 122 Å². The van der Waals surface area contributed by atoms with Gasteiger partial charge in [0.1, 0.15) is 17.4 Å². The van der Waals surface area contributed by atoms with E-state index in [4.69, 9.17) is 21.9 Å². The third kappa shape index (κ3) is 3.09. The molecule has 0 bridgehead atoms. The lowest BCUT2D eigenvalue weighted by molar-refractivity contribution is -0.167. The highest BCUT2D eigenvalue weighted by atomic mass is 35.5. The number of aliphatic hydroxyl groups excluding tert-OH is 2. The fraction of sp³-hybridized carbons (Fsp3) is 0.600. The fourth-order valence-electron chi connectivity index (χ4n) is 2.12. The zero-order valence-corrected chi connectivity index (χ0v) is 11.3. The number of nitrogens with zero attached hydrogens (tertiary/aromatic N) is 4. The molecule has 0 spiro atoms. The van der Waals surface area contributed by atoms with Crippen LogP contribution in [0, 0.1) is 0 Å². The van der Waals surface area contributed by atoms with E-state index < -0.39 is 42.3 Å². The molecular weight excluding hydrogens is 306 g/mol. The molecule has 21 heavy (non-hydrogen) atoms. The molecule has 3 N–H and O–H groups in total. The van der Waals surface area contributed by atoms with Crippen molar-refractivity contribution in [2.24, 2.45) is 5.11 Å². The van der Waals surface area contributed by atoms with E-state index in [2.05, 4.69) is 10.0 Å². The van der Waals surface area contributed by atoms with Crippen LogP contribution in [0.1, 0.15) is 12.6 Å². The van der Waals surface area contributed by atoms with E-state index in [0.29, 0.717) is 0 Å². The first kappa shape index (κ1) is 15.5. The molecule has 1 aliphatic heterocycles. The molecule has 2 rings (SSSR count). The maximum absolute atomic E-state index is 11.8. The van der Waals surface area contributed by atoms with Crippen molar-refractivity contribution in [1.29, 1.82) is 0 Å². The summed E-state index contributed by atoms with van der Waals surface area (Å²) in [5, 5.41) is 22.3. The molecule has 1 aliphatic rings. The molecule has 0 aliphatic carbocycles. The standard InChI is InChI=1S/C10H12ClN5O5/c11-4-2-16(10(20)13-9(4)19)7-1-5(14-15-12)8(18)6(3-17)21-7/h2,5-8,17-18H,1,3H2,(H,13,19,20)/t5-,6-,7-,8+/m1/s1. The normalized spacial score (nSPS) is 28.9. The second-order valence-electron chi connectivity index (χ2n) is 4.45. The molecule has 0 radical (unpaired) electrons. The Morgan fingerprint density at radius 3 is 2.95 bits per heavy atom. The molecule has 1 fully saturated rings. The van der Waals surface area contributed by atoms with Crippen LogP contribution in [-0.2, 0) is 4.74 Å². The Bertz CT molecular complexity index is 681. The van der Waals surface area contributed by atoms with Crippen LogP contribution in [0.5, 0.6) is 0 Å². The van der Waals surface area contributed by atoms with Gasteiger partial charge in [0.15, 0.2) is 0 Å². The van der Waals surface area contributed by atoms with Crippen LogP contribution >= 0.6 is 11.6 Å². The maximum atomic E-state index is 11.8. The SMILES string of the molecule is [N-]=[N+]=N[C@@H]1C[C@H](n2cc(Cl)c(=O)[nH]c2=O)O[C@H](CO)[C@H]1O. The second-order valence-corrected chi connectivity index (χ2v) is 4.86. The highest BCUT2D eigenvalue weighted by Gasteiger charge is 2.38. The molecule has 4 atom stereocenters. The molecule has 0 aromatic carbocycles. The van der Waals surface area contributed by atoms with E-state index >= 15 is 0 Å². The molecule has 11 heteroatoms. The number of aromatic nitrogens is 2. The Morgan fingerprint density at radius 2 is 2.33 bits per heavy atom. The van der Waals surface area contributed by atoms with Gasteiger partial charge >= 0.3 is 5.69 Å². The van der Waals surface area contributed by atoms with Crippen LogP contribution in [0.25, 0.3) is 10.4 Å². The minimum absolute atomic E-state index is 0.00991. The Hall–Kier alpha value is -1.84. The van der Waals surface area contributed by atoms with Gasteiger partial charge < -0.3 is 14.9 Å². The van der Waals surface area contributed by atoms with Gasteiger partial charge in [-0.05, 0) is 5.53 Å². The van der Waals surface area contributed by atoms with E-state index in [1.54, 1.807) is 0 Å². The first-order valence-corrected chi connectivity index (χ1v) is 6.35. The number of rotatable bonds is 3. The molecule has 2 heterocycles. The molecule has 1 aromatic heterocycles. The molecule has 10 nitrogen and oxygen atoms in total. The number of azide groups is 1. The van der Waals surface area contributed by atoms with Gasteiger partial charge in [0.2, 0.25) is 0 Å². The number of hydrogen-bond acceptors (Lipinski definition) is 6. The van der Waals surface area contributed by atoms with Gasteiger partial charge in [-0.3, -0.25) is 14.3 Å². The minimum atomic E-state index is -1.20. The Kier molecular flexibility index (Phi) is 4.66. The number of aliphatic hydroxyl groups is 2. The van der Waals surface area contributed by atoms with Crippen molar-refractivity contribution in [2.45, 2.75) is 30.9 Å². The number of H-pyrrole nitrogens is 1. The summed E-state index contributed by atoms with van der Waals surface area (Å²) in [6, 6.07) is -0.886. The van der Waals surface area contributed by atoms with Crippen LogP contribution in [-0.4, -0.2) is 44.6 Å². The number of aromatic amines is 1. The van der Waals surface area contributed by atoms with Crippen molar-refractivity contribution in [1.82, 2.24) is 9.55 Å². The maximum Gasteiger partial charge on any atom is 0.330 e. The molecular formula is C10H12ClN5O5. The van der Waals surface area contributed by atoms with Gasteiger partial charge in [-0.2, -0.15) is 0 Å². The zero-order valence-electron chi connectivity index (χ0n) is 10.6. The van der Waals surface area contributed by atoms with Gasteiger partial charge in [0.05, 0.1) is 18.8 Å². The predicted molar refractivity (Wildman–Crippen MR) is 70.9 cm³/mol. The van der Waals surface area contributed by atoms with Gasteiger partial charge in [-0.1, -0.05) is 16.7 Å². The Morgan fingerprint density at radius 1 is 1.62 bits per heavy atom. The van der Waals surface area contributed by atoms with Gasteiger partial charge in [-0.25, -0.2) is 4.79 Å². The lowest BCUT2D eigenvalue weighted by Gasteiger charge is -2.37. The van der Waals surface area contributed by atoms with Crippen LogP contribution in [0.4, 0.5) is 0 Å². The third-order valence-corrected chi connectivity index (χ3v) is 3.43. The fourth-order valence-corrected chi connectivity index (χ4v) is 2.27. The first-order chi connectivity index (χ1) is 9.97. The summed E-state index contributed by atoms with van der Waals surface area (Å²) in [4.78, 5) is 27.6. The molecule has 1 aromatic rings. The quantitative estimate of drug-likeness (QED) is 0.390. The minimum Gasteiger partial charge on any atom is -0.394 e. The van der Waals surface area contributed by atoms with Gasteiger partial charge in [0, 0.05) is 17.5 Å². The van der Waals surface area contributed by atoms with Crippen molar-refractivity contribution in [3.8, 4) is 0 Å². The molecule has 0 unspecified atom stereocenters. The summed E-state index contributed by atoms with van der Waals surface area (Å²) in [5.74, 6) is 0. The highest BCUT2D eigenvalue weighted by Crippen LogP contribution is 2.28. The van der Waals surface area contributed by atoms with Gasteiger partial charge in [-0.15, -0.1) is 0 Å². The monoisotopic (exact) mass is 317 g/mol. The second kappa shape index (κ2) is 6.29. The predicted octanol–water partition coefficient (Wildman–Crippen LogP) is -0.490. The van der Waals surface area contributed by atoms with Crippen LogP contribution in [0.15, 0.2) is 20.9 Å². The Balaban J connectivity index is 2.39. The van der Waals surface area contributed by atoms with E-state index in [0.717, 1.165) is 10.8 Å². The summed E-state index contributed by atoms with van der Waals surface area (Å²) in [7, 11) is 0. The number of nitrogens with one attached hydrogen (secondary N) is 1. The highest BCUT2D eigenvalue weighted by molar-refractivity contribution is 6.30. The zero-order chi connectivity index (χ0) is 15.6. The van der Waals surface area contributed by atoms with Crippen molar-refractivity contribution in [3.63, 3.8) is 0 Å². The molecule has 1 saturated heterocycles. The largest absolute Gasteiger partial charge is 0.394 e. The van der Waals surface area contributed by atoms with Crippen LogP contribution in [0.2, 0.25) is 5.02 Å². The average molecular weight is 318 g/mol. The van der Waals surface area contributed by atoms with Crippen molar-refractivity contribution in [3.05, 3.63) is 42.5 Å². The van der Waals surface area contributed by atoms with Crippen molar-refractivity contribution >= 4 is 11.6 Å². The third-order valence-electron chi connectivity index (χ3n) is 3.16. The molecule has 114 valence electrons. The first-order valence-electron chi connectivity index (χ1n) is 5.97. The average Bonchev–Trinajstić information content (AvgIpc) is 2.45. The van der Waals surface area contributed by atoms with E-state index in [1.807, 2.05) is 4.98 Å². The van der Waals surface area contributed by atoms with Crippen molar-refractivity contribution in [2.75, 3.05) is 6.61 Å². The summed E-state index contributed by atoms with van der Waals surface area (Å²) < 4.78 is 6.40. The van der Waals surface area contributed by atoms with Crippen molar-refractivity contribution < 1.29 is 14.9 Å². The number of hydrogen-bond donors (Lipinski definition) is 3. The molecule has 0 amide bonds. The lowest BCUT2D eigenvalue weighted by atomic mass is 9.99. The smallest absolute Gasteiger partial charge is 0.330 e. The summed E-state index contributed by atoms with van der Waals surface area (Å²) in [5.41, 5.74) is 7.00. The van der Waals surface area contributed by atoms with Crippen LogP contribution in [0.3, 0.4) is 0 Å². The summed E-state index contributed by atoms with van der Waals surface area (Å²) in [6.07, 6.45) is -2.09. The summed E-state index contributed by atoms with van der Waals surface area (Å²) in [6.45, 7) is -0.527. The van der Waals surface area contributed by atoms with E-state index in [9.17, 15) is 19.8 Å². The number of ether oxygens (including phenoxy) is 1.